The largest absolute Gasteiger partial charge is 0.497 e. The average Bonchev–Trinajstić information content (AvgIpc) is 3.15. The van der Waals surface area contributed by atoms with Crippen LogP contribution in [0, 0.1) is 0 Å². The molecule has 1 amide bonds. The summed E-state index contributed by atoms with van der Waals surface area (Å²) >= 11 is 0. The third-order valence-electron chi connectivity index (χ3n) is 4.42. The number of methoxy groups -OCH3 is 1. The number of aromatic carboxylic acids is 1. The Kier molecular flexibility index (Phi) is 4.66. The summed E-state index contributed by atoms with van der Waals surface area (Å²) in [7, 11) is 1.61. The number of amides is 1. The molecule has 4 rings (SSSR count). The molecule has 2 aromatic heterocycles. The quantitative estimate of drug-likeness (QED) is 0.509. The fourth-order valence-electron chi connectivity index (χ4n) is 3.02. The lowest BCUT2D eigenvalue weighted by atomic mass is 10.1. The van der Waals surface area contributed by atoms with Gasteiger partial charge in [-0.15, -0.1) is 5.10 Å². The molecule has 29 heavy (non-hydrogen) atoms. The van der Waals surface area contributed by atoms with Crippen molar-refractivity contribution >= 4 is 40.1 Å². The van der Waals surface area contributed by atoms with Crippen LogP contribution in [0.5, 0.6) is 5.75 Å². The lowest BCUT2D eigenvalue weighted by Gasteiger charge is -2.05. The van der Waals surface area contributed by atoms with E-state index in [1.165, 1.54) is 24.3 Å². The number of rotatable bonds is 5. The van der Waals surface area contributed by atoms with Crippen LogP contribution in [0.2, 0.25) is 0 Å². The van der Waals surface area contributed by atoms with Gasteiger partial charge in [-0.05, 0) is 42.5 Å². The van der Waals surface area contributed by atoms with Gasteiger partial charge in [0.05, 0.1) is 29.4 Å². The maximum atomic E-state index is 12.2. The minimum absolute atomic E-state index is 0.0188. The van der Waals surface area contributed by atoms with Crippen molar-refractivity contribution in [3.8, 4) is 5.75 Å². The van der Waals surface area contributed by atoms with Crippen LogP contribution in [0.4, 0.5) is 5.69 Å². The predicted molar refractivity (Wildman–Crippen MR) is 108 cm³/mol. The molecule has 4 aromatic rings. The van der Waals surface area contributed by atoms with Crippen LogP contribution in [0.15, 0.2) is 60.7 Å². The van der Waals surface area contributed by atoms with E-state index in [0.29, 0.717) is 5.69 Å². The predicted octanol–water partition coefficient (Wildman–Crippen LogP) is 3.24. The van der Waals surface area contributed by atoms with E-state index in [1.807, 2.05) is 30.3 Å². The van der Waals surface area contributed by atoms with Crippen molar-refractivity contribution < 1.29 is 19.4 Å². The Morgan fingerprint density at radius 2 is 1.90 bits per heavy atom. The molecule has 0 bridgehead atoms. The topological polar surface area (TPSA) is 106 Å². The zero-order chi connectivity index (χ0) is 20.4. The molecule has 2 heterocycles. The Bertz CT molecular complexity index is 1280. The van der Waals surface area contributed by atoms with Gasteiger partial charge in [0.15, 0.2) is 0 Å². The number of carboxylic acids is 1. The number of hydrogen-bond acceptors (Lipinski definition) is 5. The summed E-state index contributed by atoms with van der Waals surface area (Å²) in [5.74, 6) is -0.835. The average molecular weight is 388 g/mol. The Hall–Kier alpha value is -4.20. The van der Waals surface area contributed by atoms with Crippen molar-refractivity contribution in [2.45, 2.75) is 0 Å². The van der Waals surface area contributed by atoms with Crippen molar-refractivity contribution in [3.05, 3.63) is 71.9 Å². The van der Waals surface area contributed by atoms with E-state index in [9.17, 15) is 14.7 Å². The summed E-state index contributed by atoms with van der Waals surface area (Å²) in [6.07, 6.45) is 2.83. The van der Waals surface area contributed by atoms with Crippen LogP contribution < -0.4 is 10.1 Å². The zero-order valence-electron chi connectivity index (χ0n) is 15.4. The first-order valence-corrected chi connectivity index (χ1v) is 8.70. The molecule has 0 saturated carbocycles. The molecule has 2 aromatic carbocycles. The van der Waals surface area contributed by atoms with Crippen molar-refractivity contribution in [3.63, 3.8) is 0 Å². The summed E-state index contributed by atoms with van der Waals surface area (Å²) < 4.78 is 6.93. The second-order valence-electron chi connectivity index (χ2n) is 6.20. The van der Waals surface area contributed by atoms with Crippen LogP contribution in [-0.2, 0) is 4.79 Å². The molecule has 0 aliphatic rings. The van der Waals surface area contributed by atoms with Gasteiger partial charge in [-0.25, -0.2) is 9.31 Å². The van der Waals surface area contributed by atoms with Gasteiger partial charge in [-0.2, -0.15) is 0 Å². The number of aromatic nitrogens is 3. The van der Waals surface area contributed by atoms with E-state index in [0.717, 1.165) is 22.2 Å². The molecule has 144 valence electrons. The van der Waals surface area contributed by atoms with Gasteiger partial charge in [0.1, 0.15) is 11.4 Å². The molecule has 0 fully saturated rings. The van der Waals surface area contributed by atoms with Crippen LogP contribution >= 0.6 is 0 Å². The molecule has 0 saturated heterocycles. The zero-order valence-corrected chi connectivity index (χ0v) is 15.4. The SMILES string of the molecule is COc1ccc2c(ccc3c(C=CC(=O)Nc4ccccc4C(=O)O)nnn32)c1. The number of nitrogens with zero attached hydrogens (tertiary/aromatic N) is 3. The number of ether oxygens (including phenoxy) is 1. The summed E-state index contributed by atoms with van der Waals surface area (Å²) in [4.78, 5) is 23.5. The maximum Gasteiger partial charge on any atom is 0.337 e. The molecule has 0 unspecified atom stereocenters. The molecule has 8 nitrogen and oxygen atoms in total. The number of nitrogens with one attached hydrogen (secondary N) is 1. The highest BCUT2D eigenvalue weighted by atomic mass is 16.5. The van der Waals surface area contributed by atoms with E-state index < -0.39 is 11.9 Å². The van der Waals surface area contributed by atoms with Crippen molar-refractivity contribution in [2.75, 3.05) is 12.4 Å². The van der Waals surface area contributed by atoms with E-state index in [-0.39, 0.29) is 11.3 Å². The summed E-state index contributed by atoms with van der Waals surface area (Å²) in [6, 6.07) is 15.6. The molecule has 0 radical (unpaired) electrons. The second-order valence-corrected chi connectivity index (χ2v) is 6.20. The van der Waals surface area contributed by atoms with E-state index in [1.54, 1.807) is 23.8 Å². The standard InChI is InChI=1S/C21H16N4O4/c1-29-14-7-10-18-13(12-14)6-9-19-17(23-24-25(18)19)8-11-20(26)22-16-5-3-2-4-15(16)21(27)28/h2-12H,1H3,(H,22,26)(H,27,28). The number of carbonyl (C=O) groups is 2. The normalized spacial score (nSPS) is 11.2. The number of benzene rings is 2. The van der Waals surface area contributed by atoms with Gasteiger partial charge < -0.3 is 15.2 Å². The van der Waals surface area contributed by atoms with E-state index in [4.69, 9.17) is 4.74 Å². The van der Waals surface area contributed by atoms with Crippen LogP contribution in [0.25, 0.3) is 22.5 Å². The first-order valence-electron chi connectivity index (χ1n) is 8.70. The highest BCUT2D eigenvalue weighted by Crippen LogP contribution is 2.23. The number of carboxylic acid groups (broad SMARTS) is 1. The summed E-state index contributed by atoms with van der Waals surface area (Å²) in [5, 5.41) is 21.0. The smallest absolute Gasteiger partial charge is 0.337 e. The van der Waals surface area contributed by atoms with Gasteiger partial charge in [-0.3, -0.25) is 4.79 Å². The highest BCUT2D eigenvalue weighted by molar-refractivity contribution is 6.06. The third-order valence-corrected chi connectivity index (χ3v) is 4.42. The minimum atomic E-state index is -1.11. The summed E-state index contributed by atoms with van der Waals surface area (Å²) in [5.41, 5.74) is 2.35. The van der Waals surface area contributed by atoms with Crippen molar-refractivity contribution in [2.24, 2.45) is 0 Å². The maximum absolute atomic E-state index is 12.2. The molecule has 0 aliphatic heterocycles. The van der Waals surface area contributed by atoms with Gasteiger partial charge in [0.25, 0.3) is 0 Å². The Balaban J connectivity index is 1.61. The van der Waals surface area contributed by atoms with Crippen LogP contribution in [0.3, 0.4) is 0 Å². The van der Waals surface area contributed by atoms with Gasteiger partial charge in [0.2, 0.25) is 5.91 Å². The molecule has 0 atom stereocenters. The monoisotopic (exact) mass is 388 g/mol. The Labute approximate surface area is 165 Å². The number of fused-ring (bicyclic) bond motifs is 3. The molecule has 0 aliphatic carbocycles. The Morgan fingerprint density at radius 3 is 2.69 bits per heavy atom. The third kappa shape index (κ3) is 3.51. The molecular formula is C21H16N4O4. The minimum Gasteiger partial charge on any atom is -0.497 e. The summed E-state index contributed by atoms with van der Waals surface area (Å²) in [6.45, 7) is 0. The fourth-order valence-corrected chi connectivity index (χ4v) is 3.02. The fraction of sp³-hybridized carbons (Fsp3) is 0.0476. The van der Waals surface area contributed by atoms with Gasteiger partial charge in [-0.1, -0.05) is 23.4 Å². The van der Waals surface area contributed by atoms with Crippen LogP contribution in [0.1, 0.15) is 16.1 Å². The van der Waals surface area contributed by atoms with Gasteiger partial charge >= 0.3 is 5.97 Å². The molecule has 2 N–H and O–H groups in total. The van der Waals surface area contributed by atoms with Crippen molar-refractivity contribution in [1.29, 1.82) is 0 Å². The Morgan fingerprint density at radius 1 is 1.10 bits per heavy atom. The number of anilines is 1. The highest BCUT2D eigenvalue weighted by Gasteiger charge is 2.11. The molecular weight excluding hydrogens is 372 g/mol. The number of pyridine rings is 1. The van der Waals surface area contributed by atoms with Crippen molar-refractivity contribution in [1.82, 2.24) is 14.8 Å². The number of para-hydroxylation sites is 1. The van der Waals surface area contributed by atoms with Gasteiger partial charge in [0, 0.05) is 11.5 Å². The van der Waals surface area contributed by atoms with E-state index >= 15 is 0 Å². The van der Waals surface area contributed by atoms with E-state index in [2.05, 4.69) is 15.6 Å². The number of carbonyl (C=O) groups excluding carboxylic acids is 1. The number of hydrogen-bond donors (Lipinski definition) is 2. The van der Waals surface area contributed by atoms with Crippen LogP contribution in [-0.4, -0.2) is 38.9 Å². The molecule has 0 spiro atoms. The first-order chi connectivity index (χ1) is 14.1. The second kappa shape index (κ2) is 7.43. The molecule has 8 heteroatoms. The lowest BCUT2D eigenvalue weighted by molar-refractivity contribution is -0.111. The lowest BCUT2D eigenvalue weighted by Crippen LogP contribution is -2.11. The first kappa shape index (κ1) is 18.2.